The number of aromatic nitrogens is 2. The van der Waals surface area contributed by atoms with Crippen LogP contribution in [0.2, 0.25) is 5.02 Å². The largest absolute Gasteiger partial charge is 0.461 e. The summed E-state index contributed by atoms with van der Waals surface area (Å²) in [4.78, 5) is 32.2. The van der Waals surface area contributed by atoms with Gasteiger partial charge in [0.1, 0.15) is 5.82 Å². The number of carbonyl (C=O) groups is 2. The van der Waals surface area contributed by atoms with Crippen LogP contribution in [-0.2, 0) is 4.74 Å². The minimum atomic E-state index is -0.624. The third-order valence-corrected chi connectivity index (χ3v) is 4.92. The Morgan fingerprint density at radius 1 is 1.19 bits per heavy atom. The number of halogens is 2. The van der Waals surface area contributed by atoms with Crippen molar-refractivity contribution in [3.05, 3.63) is 70.6 Å². The number of hydrogen-bond donors (Lipinski definition) is 1. The van der Waals surface area contributed by atoms with Gasteiger partial charge >= 0.3 is 5.97 Å². The van der Waals surface area contributed by atoms with Crippen molar-refractivity contribution >= 4 is 35.2 Å². The van der Waals surface area contributed by atoms with Gasteiger partial charge < -0.3 is 15.0 Å². The van der Waals surface area contributed by atoms with Crippen LogP contribution < -0.4 is 10.2 Å². The minimum absolute atomic E-state index is 0.0180. The number of para-hydroxylation sites is 1. The molecule has 9 heteroatoms. The Hall–Kier alpha value is -3.39. The van der Waals surface area contributed by atoms with Crippen molar-refractivity contribution in [1.29, 1.82) is 0 Å². The molecule has 168 valence electrons. The predicted molar refractivity (Wildman–Crippen MR) is 122 cm³/mol. The van der Waals surface area contributed by atoms with Crippen LogP contribution in [0.4, 0.5) is 16.2 Å². The van der Waals surface area contributed by atoms with E-state index in [-0.39, 0.29) is 28.7 Å². The molecule has 2 aromatic carbocycles. The second kappa shape index (κ2) is 10.3. The van der Waals surface area contributed by atoms with Crippen LogP contribution in [0.3, 0.4) is 0 Å². The molecule has 0 saturated heterocycles. The highest BCUT2D eigenvalue weighted by molar-refractivity contribution is 6.34. The van der Waals surface area contributed by atoms with E-state index in [9.17, 15) is 14.0 Å². The van der Waals surface area contributed by atoms with Crippen molar-refractivity contribution in [3.8, 4) is 5.69 Å². The van der Waals surface area contributed by atoms with Gasteiger partial charge in [0.25, 0.3) is 5.91 Å². The van der Waals surface area contributed by atoms with E-state index < -0.39 is 17.7 Å². The highest BCUT2D eigenvalue weighted by Gasteiger charge is 2.28. The summed E-state index contributed by atoms with van der Waals surface area (Å²) >= 11 is 6.03. The summed E-state index contributed by atoms with van der Waals surface area (Å²) in [5.74, 6) is -1.37. The van der Waals surface area contributed by atoms with Crippen molar-refractivity contribution in [3.63, 3.8) is 0 Å². The van der Waals surface area contributed by atoms with Crippen molar-refractivity contribution in [2.24, 2.45) is 0 Å². The lowest BCUT2D eigenvalue weighted by atomic mass is 10.2. The fourth-order valence-corrected chi connectivity index (χ4v) is 3.28. The SMILES string of the molecule is CCCCOC(=O)c1c(NC(=O)c2ccc(F)cc2Cl)nc(N(C)C)n1-c1ccccc1. The van der Waals surface area contributed by atoms with E-state index in [0.717, 1.165) is 18.6 Å². The average molecular weight is 459 g/mol. The molecule has 0 atom stereocenters. The fourth-order valence-electron chi connectivity index (χ4n) is 3.03. The smallest absolute Gasteiger partial charge is 0.359 e. The maximum atomic E-state index is 13.4. The molecule has 1 aromatic heterocycles. The number of hydrogen-bond acceptors (Lipinski definition) is 5. The van der Waals surface area contributed by atoms with Gasteiger partial charge in [-0.05, 0) is 36.8 Å². The Morgan fingerprint density at radius 2 is 1.91 bits per heavy atom. The first-order valence-electron chi connectivity index (χ1n) is 10.1. The second-order valence-corrected chi connectivity index (χ2v) is 7.65. The molecule has 0 bridgehead atoms. The zero-order valence-corrected chi connectivity index (χ0v) is 18.8. The van der Waals surface area contributed by atoms with Gasteiger partial charge in [0.15, 0.2) is 11.5 Å². The standard InChI is InChI=1S/C23H24ClFN4O3/c1-4-5-13-32-22(31)19-20(26-21(30)17-12-11-15(25)14-18(17)24)27-23(28(2)3)29(19)16-9-7-6-8-10-16/h6-12,14H,4-5,13H2,1-3H3,(H,26,30). The fraction of sp³-hybridized carbons (Fsp3) is 0.261. The summed E-state index contributed by atoms with van der Waals surface area (Å²) < 4.78 is 20.5. The van der Waals surface area contributed by atoms with Gasteiger partial charge in [0, 0.05) is 19.8 Å². The number of anilines is 2. The first-order valence-corrected chi connectivity index (χ1v) is 10.5. The van der Waals surface area contributed by atoms with Crippen LogP contribution in [0.25, 0.3) is 5.69 Å². The molecule has 0 spiro atoms. The third kappa shape index (κ3) is 5.08. The molecule has 0 radical (unpaired) electrons. The zero-order chi connectivity index (χ0) is 23.3. The van der Waals surface area contributed by atoms with E-state index in [0.29, 0.717) is 18.1 Å². The summed E-state index contributed by atoms with van der Waals surface area (Å²) in [7, 11) is 3.55. The number of carbonyl (C=O) groups excluding carboxylic acids is 2. The number of unbranched alkanes of at least 4 members (excludes halogenated alkanes) is 1. The Bertz CT molecular complexity index is 1120. The van der Waals surface area contributed by atoms with Crippen LogP contribution in [0.15, 0.2) is 48.5 Å². The summed E-state index contributed by atoms with van der Waals surface area (Å²) in [6.07, 6.45) is 1.57. The number of esters is 1. The van der Waals surface area contributed by atoms with Crippen LogP contribution in [0.5, 0.6) is 0 Å². The number of nitrogens with one attached hydrogen (secondary N) is 1. The van der Waals surface area contributed by atoms with Gasteiger partial charge in [-0.1, -0.05) is 43.1 Å². The molecule has 0 aliphatic heterocycles. The summed E-state index contributed by atoms with van der Waals surface area (Å²) in [5, 5.41) is 2.59. The molecule has 1 heterocycles. The number of benzene rings is 2. The maximum absolute atomic E-state index is 13.4. The molecule has 3 rings (SSSR count). The monoisotopic (exact) mass is 458 g/mol. The van der Waals surface area contributed by atoms with Crippen LogP contribution in [0.1, 0.15) is 40.6 Å². The minimum Gasteiger partial charge on any atom is -0.461 e. The zero-order valence-electron chi connectivity index (χ0n) is 18.1. The molecule has 1 amide bonds. The molecule has 1 N–H and O–H groups in total. The summed E-state index contributed by atoms with van der Waals surface area (Å²) in [5.41, 5.74) is 0.799. The van der Waals surface area contributed by atoms with Gasteiger partial charge in [-0.15, -0.1) is 0 Å². The van der Waals surface area contributed by atoms with E-state index in [4.69, 9.17) is 16.3 Å². The lowest BCUT2D eigenvalue weighted by Gasteiger charge is -2.16. The molecule has 32 heavy (non-hydrogen) atoms. The van der Waals surface area contributed by atoms with Gasteiger partial charge in [-0.2, -0.15) is 4.98 Å². The Morgan fingerprint density at radius 3 is 2.53 bits per heavy atom. The quantitative estimate of drug-likeness (QED) is 0.382. The molecule has 7 nitrogen and oxygen atoms in total. The van der Waals surface area contributed by atoms with Crippen LogP contribution in [-0.4, -0.2) is 42.1 Å². The van der Waals surface area contributed by atoms with Crippen molar-refractivity contribution in [1.82, 2.24) is 9.55 Å². The Kier molecular flexibility index (Phi) is 7.48. The first kappa shape index (κ1) is 23.3. The molecular weight excluding hydrogens is 435 g/mol. The normalized spacial score (nSPS) is 10.7. The average Bonchev–Trinajstić information content (AvgIpc) is 3.13. The highest BCUT2D eigenvalue weighted by Crippen LogP contribution is 2.29. The summed E-state index contributed by atoms with van der Waals surface area (Å²) in [6, 6.07) is 12.6. The topological polar surface area (TPSA) is 76.5 Å². The van der Waals surface area contributed by atoms with Gasteiger partial charge in [0.2, 0.25) is 5.95 Å². The molecule has 0 fully saturated rings. The van der Waals surface area contributed by atoms with Crippen LogP contribution >= 0.6 is 11.6 Å². The van der Waals surface area contributed by atoms with Crippen LogP contribution in [0, 0.1) is 5.82 Å². The third-order valence-electron chi connectivity index (χ3n) is 4.61. The van der Waals surface area contributed by atoms with E-state index in [2.05, 4.69) is 10.3 Å². The molecule has 0 aliphatic carbocycles. The number of ether oxygens (including phenoxy) is 1. The molecule has 0 aliphatic rings. The highest BCUT2D eigenvalue weighted by atomic mass is 35.5. The van der Waals surface area contributed by atoms with E-state index in [1.807, 2.05) is 37.3 Å². The lowest BCUT2D eigenvalue weighted by Crippen LogP contribution is -2.19. The lowest BCUT2D eigenvalue weighted by molar-refractivity contribution is 0.0492. The van der Waals surface area contributed by atoms with Crippen molar-refractivity contribution < 1.29 is 18.7 Å². The molecule has 0 saturated carbocycles. The molecule has 0 unspecified atom stereocenters. The second-order valence-electron chi connectivity index (χ2n) is 7.24. The molecular formula is C23H24ClFN4O3. The number of amides is 1. The van der Waals surface area contributed by atoms with Gasteiger partial charge in [0.05, 0.1) is 17.2 Å². The van der Waals surface area contributed by atoms with E-state index in [1.165, 1.54) is 6.07 Å². The predicted octanol–water partition coefficient (Wildman–Crippen LogP) is 4.94. The van der Waals surface area contributed by atoms with Gasteiger partial charge in [-0.3, -0.25) is 9.36 Å². The molecule has 3 aromatic rings. The van der Waals surface area contributed by atoms with E-state index >= 15 is 0 Å². The number of rotatable bonds is 8. The van der Waals surface area contributed by atoms with Crippen molar-refractivity contribution in [2.75, 3.05) is 30.9 Å². The van der Waals surface area contributed by atoms with Crippen molar-refractivity contribution in [2.45, 2.75) is 19.8 Å². The number of nitrogens with zero attached hydrogens (tertiary/aromatic N) is 3. The number of imidazole rings is 1. The van der Waals surface area contributed by atoms with E-state index in [1.54, 1.807) is 23.6 Å². The first-order chi connectivity index (χ1) is 15.3. The maximum Gasteiger partial charge on any atom is 0.359 e. The summed E-state index contributed by atoms with van der Waals surface area (Å²) in [6.45, 7) is 2.23. The van der Waals surface area contributed by atoms with Gasteiger partial charge in [-0.25, -0.2) is 9.18 Å². The Balaban J connectivity index is 2.09. The Labute approximate surface area is 190 Å².